The molecule has 4 rings (SSSR count). The van der Waals surface area contributed by atoms with E-state index >= 15 is 0 Å². The number of carbonyl (C=O) groups is 2. The summed E-state index contributed by atoms with van der Waals surface area (Å²) in [6.45, 7) is 2.63. The summed E-state index contributed by atoms with van der Waals surface area (Å²) in [4.78, 5) is 32.3. The zero-order valence-electron chi connectivity index (χ0n) is 17.5. The van der Waals surface area contributed by atoms with Gasteiger partial charge in [-0.1, -0.05) is 24.3 Å². The van der Waals surface area contributed by atoms with Gasteiger partial charge in [-0.25, -0.2) is 0 Å². The number of piperazine rings is 1. The molecule has 0 bridgehead atoms. The second kappa shape index (κ2) is 8.89. The van der Waals surface area contributed by atoms with Gasteiger partial charge in [0.2, 0.25) is 0 Å². The number of rotatable bonds is 5. The number of hydrogen-bond donors (Lipinski definition) is 3. The quantitative estimate of drug-likeness (QED) is 0.423. The van der Waals surface area contributed by atoms with Crippen molar-refractivity contribution in [1.29, 1.82) is 5.41 Å². The Hall–Kier alpha value is -4.20. The summed E-state index contributed by atoms with van der Waals surface area (Å²) in [5.74, 6) is -0.547. The molecule has 0 aliphatic carbocycles. The van der Waals surface area contributed by atoms with Crippen molar-refractivity contribution in [3.63, 3.8) is 0 Å². The van der Waals surface area contributed by atoms with Crippen molar-refractivity contribution in [2.75, 3.05) is 31.1 Å². The molecule has 1 aliphatic heterocycles. The molecule has 0 atom stereocenters. The number of nitrogens with two attached hydrogens (primary N) is 2. The molecule has 0 unspecified atom stereocenters. The number of benzene rings is 2. The Bertz CT molecular complexity index is 1170. The number of amidine groups is 1. The fourth-order valence-electron chi connectivity index (χ4n) is 3.77. The highest BCUT2D eigenvalue weighted by atomic mass is 16.2. The third-order valence-electron chi connectivity index (χ3n) is 5.57. The summed E-state index contributed by atoms with van der Waals surface area (Å²) in [6.07, 6.45) is 1.54. The maximum atomic E-state index is 13.0. The van der Waals surface area contributed by atoms with Crippen LogP contribution in [0.2, 0.25) is 0 Å². The van der Waals surface area contributed by atoms with Crippen molar-refractivity contribution in [2.24, 2.45) is 11.5 Å². The molecule has 8 nitrogen and oxygen atoms in total. The fraction of sp³-hybridized carbons (Fsp3) is 0.167. The third-order valence-corrected chi connectivity index (χ3v) is 5.57. The van der Waals surface area contributed by atoms with Gasteiger partial charge in [0.25, 0.3) is 11.8 Å². The van der Waals surface area contributed by atoms with Gasteiger partial charge < -0.3 is 21.3 Å². The van der Waals surface area contributed by atoms with E-state index in [0.29, 0.717) is 37.3 Å². The summed E-state index contributed by atoms with van der Waals surface area (Å²) >= 11 is 0. The molecule has 0 radical (unpaired) electrons. The van der Waals surface area contributed by atoms with Gasteiger partial charge in [-0.2, -0.15) is 0 Å². The molecule has 5 N–H and O–H groups in total. The normalized spacial score (nSPS) is 13.6. The van der Waals surface area contributed by atoms with Crippen LogP contribution in [0, 0.1) is 5.41 Å². The molecule has 2 aromatic carbocycles. The first-order chi connectivity index (χ1) is 15.4. The van der Waals surface area contributed by atoms with E-state index in [4.69, 9.17) is 16.9 Å². The topological polar surface area (TPSA) is 129 Å². The smallest absolute Gasteiger partial charge is 0.267 e. The number of nitrogens with zero attached hydrogens (tertiary/aromatic N) is 3. The maximum absolute atomic E-state index is 13.0. The van der Waals surface area contributed by atoms with Gasteiger partial charge in [-0.3, -0.25) is 20.0 Å². The Morgan fingerprint density at radius 2 is 1.56 bits per heavy atom. The van der Waals surface area contributed by atoms with E-state index < -0.39 is 5.91 Å². The van der Waals surface area contributed by atoms with Crippen LogP contribution in [0.1, 0.15) is 26.4 Å². The van der Waals surface area contributed by atoms with E-state index in [1.807, 2.05) is 41.3 Å². The van der Waals surface area contributed by atoms with Gasteiger partial charge in [0.1, 0.15) is 11.5 Å². The number of hydrogen-bond acceptors (Lipinski definition) is 5. The van der Waals surface area contributed by atoms with Crippen molar-refractivity contribution in [2.45, 2.75) is 0 Å². The summed E-state index contributed by atoms with van der Waals surface area (Å²) in [5.41, 5.74) is 15.1. The highest BCUT2D eigenvalue weighted by molar-refractivity contribution is 5.96. The van der Waals surface area contributed by atoms with Crippen LogP contribution in [0.4, 0.5) is 5.69 Å². The lowest BCUT2D eigenvalue weighted by atomic mass is 10.0. The van der Waals surface area contributed by atoms with E-state index in [1.54, 1.807) is 30.5 Å². The standard InChI is InChI=1S/C24H24N6O2/c25-22(26)19-2-1-3-20(14-19)29-10-12-30(13-11-29)24(32)17-6-4-16(5-7-17)18-8-9-28-21(15-18)23(27)31/h1-9,14-15H,10-13H2,(H3,25,26)(H2,27,31). The molecule has 2 heterocycles. The molecular weight excluding hydrogens is 404 g/mol. The summed E-state index contributed by atoms with van der Waals surface area (Å²) in [5, 5.41) is 7.61. The first-order valence-electron chi connectivity index (χ1n) is 10.3. The molecule has 2 amide bonds. The van der Waals surface area contributed by atoms with Crippen LogP contribution in [-0.4, -0.2) is 53.7 Å². The van der Waals surface area contributed by atoms with Crippen molar-refractivity contribution < 1.29 is 9.59 Å². The minimum atomic E-state index is -0.578. The van der Waals surface area contributed by atoms with Gasteiger partial charge >= 0.3 is 0 Å². The highest BCUT2D eigenvalue weighted by Gasteiger charge is 2.22. The Morgan fingerprint density at radius 1 is 0.844 bits per heavy atom. The number of nitrogen functional groups attached to an aromatic ring is 1. The van der Waals surface area contributed by atoms with Crippen LogP contribution in [0.3, 0.4) is 0 Å². The minimum absolute atomic E-state index is 0.0127. The number of amides is 2. The van der Waals surface area contributed by atoms with Gasteiger partial charge in [0, 0.05) is 49.2 Å². The predicted octanol–water partition coefficient (Wildman–Crippen LogP) is 2.09. The molecule has 1 saturated heterocycles. The molecule has 8 heteroatoms. The predicted molar refractivity (Wildman–Crippen MR) is 124 cm³/mol. The molecule has 1 aromatic heterocycles. The zero-order valence-corrected chi connectivity index (χ0v) is 17.5. The van der Waals surface area contributed by atoms with Gasteiger partial charge in [0.15, 0.2) is 0 Å². The third kappa shape index (κ3) is 4.44. The van der Waals surface area contributed by atoms with Crippen LogP contribution in [-0.2, 0) is 0 Å². The first-order valence-corrected chi connectivity index (χ1v) is 10.3. The highest BCUT2D eigenvalue weighted by Crippen LogP contribution is 2.22. The number of carbonyl (C=O) groups excluding carboxylic acids is 2. The average Bonchev–Trinajstić information content (AvgIpc) is 2.84. The molecule has 32 heavy (non-hydrogen) atoms. The van der Waals surface area contributed by atoms with Crippen LogP contribution in [0.25, 0.3) is 11.1 Å². The summed E-state index contributed by atoms with van der Waals surface area (Å²) in [6, 6.07) is 18.3. The maximum Gasteiger partial charge on any atom is 0.267 e. The molecule has 1 aliphatic rings. The van der Waals surface area contributed by atoms with E-state index in [1.165, 1.54) is 0 Å². The molecular formula is C24H24N6O2. The fourth-order valence-corrected chi connectivity index (χ4v) is 3.77. The average molecular weight is 428 g/mol. The van der Waals surface area contributed by atoms with Crippen molar-refractivity contribution >= 4 is 23.3 Å². The van der Waals surface area contributed by atoms with Crippen molar-refractivity contribution in [1.82, 2.24) is 9.88 Å². The lowest BCUT2D eigenvalue weighted by Crippen LogP contribution is -2.48. The van der Waals surface area contributed by atoms with Crippen LogP contribution in [0.15, 0.2) is 66.9 Å². The Balaban J connectivity index is 1.41. The minimum Gasteiger partial charge on any atom is -0.384 e. The lowest BCUT2D eigenvalue weighted by Gasteiger charge is -2.36. The number of primary amides is 1. The number of nitrogens with one attached hydrogen (secondary N) is 1. The van der Waals surface area contributed by atoms with Crippen molar-refractivity contribution in [3.05, 3.63) is 83.7 Å². The van der Waals surface area contributed by atoms with Crippen LogP contribution < -0.4 is 16.4 Å². The summed E-state index contributed by atoms with van der Waals surface area (Å²) in [7, 11) is 0. The van der Waals surface area contributed by atoms with E-state index in [2.05, 4.69) is 9.88 Å². The number of aromatic nitrogens is 1. The molecule has 3 aromatic rings. The SMILES string of the molecule is N=C(N)c1cccc(N2CCN(C(=O)c3ccc(-c4ccnc(C(N)=O)c4)cc3)CC2)c1. The molecule has 1 fully saturated rings. The summed E-state index contributed by atoms with van der Waals surface area (Å²) < 4.78 is 0. The number of pyridine rings is 1. The van der Waals surface area contributed by atoms with Gasteiger partial charge in [0.05, 0.1) is 0 Å². The Kier molecular flexibility index (Phi) is 5.85. The second-order valence-electron chi connectivity index (χ2n) is 7.61. The van der Waals surface area contributed by atoms with Crippen molar-refractivity contribution in [3.8, 4) is 11.1 Å². The van der Waals surface area contributed by atoms with E-state index in [9.17, 15) is 9.59 Å². The van der Waals surface area contributed by atoms with E-state index in [-0.39, 0.29) is 17.4 Å². The number of anilines is 1. The van der Waals surface area contributed by atoms with E-state index in [0.717, 1.165) is 16.8 Å². The molecule has 0 spiro atoms. The van der Waals surface area contributed by atoms with Crippen LogP contribution >= 0.6 is 0 Å². The monoisotopic (exact) mass is 428 g/mol. The molecule has 162 valence electrons. The Labute approximate surface area is 186 Å². The molecule has 0 saturated carbocycles. The Morgan fingerprint density at radius 3 is 2.22 bits per heavy atom. The van der Waals surface area contributed by atoms with Gasteiger partial charge in [-0.05, 0) is 47.5 Å². The lowest BCUT2D eigenvalue weighted by molar-refractivity contribution is 0.0746. The van der Waals surface area contributed by atoms with Crippen LogP contribution in [0.5, 0.6) is 0 Å². The van der Waals surface area contributed by atoms with Gasteiger partial charge in [-0.15, -0.1) is 0 Å². The first kappa shape index (κ1) is 21.0. The largest absolute Gasteiger partial charge is 0.384 e. The zero-order chi connectivity index (χ0) is 22.7. The second-order valence-corrected chi connectivity index (χ2v) is 7.61.